The molecule has 7 heteroatoms. The van der Waals surface area contributed by atoms with Crippen LogP contribution in [0.4, 0.5) is 5.69 Å². The van der Waals surface area contributed by atoms with E-state index in [-0.39, 0.29) is 17.9 Å². The molecule has 0 bridgehead atoms. The van der Waals surface area contributed by atoms with Crippen LogP contribution in [0.25, 0.3) is 0 Å². The second kappa shape index (κ2) is 12.2. The molecule has 0 aliphatic carbocycles. The molecule has 0 radical (unpaired) electrons. The van der Waals surface area contributed by atoms with E-state index in [1.165, 1.54) is 18.4 Å². The zero-order valence-electron chi connectivity index (χ0n) is 22.0. The minimum atomic E-state index is -0.130. The number of benzene rings is 2. The molecule has 38 heavy (non-hydrogen) atoms. The highest BCUT2D eigenvalue weighted by Gasteiger charge is 2.22. The Kier molecular flexibility index (Phi) is 8.34. The summed E-state index contributed by atoms with van der Waals surface area (Å²) in [5.41, 5.74) is 5.18. The SMILES string of the molecule is CC1Cc2cc(CNC(=O)c3ccc4c(c3)CNCCCCCCCN4C(=O)c3cccnc3)ccc2O1. The normalized spacial score (nSPS) is 17.8. The van der Waals surface area contributed by atoms with Gasteiger partial charge in [-0.15, -0.1) is 0 Å². The zero-order chi connectivity index (χ0) is 26.3. The highest BCUT2D eigenvalue weighted by Crippen LogP contribution is 2.29. The summed E-state index contributed by atoms with van der Waals surface area (Å²) in [4.78, 5) is 32.7. The van der Waals surface area contributed by atoms with Gasteiger partial charge in [0.05, 0.1) is 5.56 Å². The molecule has 2 N–H and O–H groups in total. The minimum Gasteiger partial charge on any atom is -0.490 e. The van der Waals surface area contributed by atoms with E-state index in [4.69, 9.17) is 4.74 Å². The molecular formula is C31H36N4O3. The Morgan fingerprint density at radius 3 is 2.76 bits per heavy atom. The average Bonchev–Trinajstić information content (AvgIpc) is 3.31. The van der Waals surface area contributed by atoms with Crippen LogP contribution in [0.15, 0.2) is 60.9 Å². The summed E-state index contributed by atoms with van der Waals surface area (Å²) in [5.74, 6) is 0.739. The lowest BCUT2D eigenvalue weighted by atomic mass is 10.0. The molecule has 3 aromatic rings. The summed E-state index contributed by atoms with van der Waals surface area (Å²) in [6.45, 7) is 4.65. The van der Waals surface area contributed by atoms with Gasteiger partial charge in [-0.2, -0.15) is 0 Å². The molecular weight excluding hydrogens is 476 g/mol. The number of carbonyl (C=O) groups is 2. The smallest absolute Gasteiger partial charge is 0.259 e. The minimum absolute atomic E-state index is 0.0662. The number of carbonyl (C=O) groups excluding carboxylic acids is 2. The third-order valence-corrected chi connectivity index (χ3v) is 7.25. The first kappa shape index (κ1) is 25.9. The number of rotatable bonds is 4. The van der Waals surface area contributed by atoms with Crippen LogP contribution in [0, 0.1) is 0 Å². The van der Waals surface area contributed by atoms with Gasteiger partial charge >= 0.3 is 0 Å². The number of nitrogens with one attached hydrogen (secondary N) is 2. The zero-order valence-corrected chi connectivity index (χ0v) is 22.0. The molecule has 1 aromatic heterocycles. The van der Waals surface area contributed by atoms with Crippen molar-refractivity contribution in [3.63, 3.8) is 0 Å². The molecule has 2 aliphatic rings. The molecule has 1 atom stereocenters. The van der Waals surface area contributed by atoms with Crippen molar-refractivity contribution in [1.82, 2.24) is 15.6 Å². The number of hydrogen-bond acceptors (Lipinski definition) is 5. The number of fused-ring (bicyclic) bond motifs is 2. The summed E-state index contributed by atoms with van der Waals surface area (Å²) in [5, 5.41) is 6.58. The van der Waals surface area contributed by atoms with E-state index < -0.39 is 0 Å². The fourth-order valence-electron chi connectivity index (χ4n) is 5.25. The molecule has 7 nitrogen and oxygen atoms in total. The molecule has 5 rings (SSSR count). The predicted octanol–water partition coefficient (Wildman–Crippen LogP) is 5.04. The van der Waals surface area contributed by atoms with Gasteiger partial charge in [-0.05, 0) is 79.4 Å². The first-order chi connectivity index (χ1) is 18.6. The third kappa shape index (κ3) is 6.22. The maximum absolute atomic E-state index is 13.5. The van der Waals surface area contributed by atoms with Crippen molar-refractivity contribution in [3.8, 4) is 5.75 Å². The Morgan fingerprint density at radius 1 is 1.03 bits per heavy atom. The second-order valence-corrected chi connectivity index (χ2v) is 10.2. The summed E-state index contributed by atoms with van der Waals surface area (Å²) in [7, 11) is 0. The Balaban J connectivity index is 1.36. The summed E-state index contributed by atoms with van der Waals surface area (Å²) >= 11 is 0. The van der Waals surface area contributed by atoms with Crippen molar-refractivity contribution in [2.45, 2.75) is 64.6 Å². The number of amides is 2. The van der Waals surface area contributed by atoms with Gasteiger partial charge in [0.1, 0.15) is 11.9 Å². The van der Waals surface area contributed by atoms with Crippen LogP contribution in [0.1, 0.15) is 76.4 Å². The van der Waals surface area contributed by atoms with Crippen molar-refractivity contribution in [3.05, 3.63) is 88.7 Å². The monoisotopic (exact) mass is 512 g/mol. The molecule has 0 fully saturated rings. The molecule has 0 saturated heterocycles. The van der Waals surface area contributed by atoms with Crippen LogP contribution in [-0.4, -0.2) is 36.0 Å². The number of aromatic nitrogens is 1. The molecule has 0 spiro atoms. The van der Waals surface area contributed by atoms with Crippen LogP contribution in [0.3, 0.4) is 0 Å². The van der Waals surface area contributed by atoms with Gasteiger partial charge in [-0.3, -0.25) is 14.6 Å². The van der Waals surface area contributed by atoms with Gasteiger partial charge in [0.2, 0.25) is 0 Å². The van der Waals surface area contributed by atoms with E-state index in [0.29, 0.717) is 30.8 Å². The highest BCUT2D eigenvalue weighted by molar-refractivity contribution is 6.06. The van der Waals surface area contributed by atoms with Crippen molar-refractivity contribution >= 4 is 17.5 Å². The number of ether oxygens (including phenoxy) is 1. The van der Waals surface area contributed by atoms with Crippen molar-refractivity contribution < 1.29 is 14.3 Å². The number of anilines is 1. The molecule has 0 saturated carbocycles. The third-order valence-electron chi connectivity index (χ3n) is 7.25. The van der Waals surface area contributed by atoms with Gasteiger partial charge in [-0.25, -0.2) is 0 Å². The fourth-order valence-corrected chi connectivity index (χ4v) is 5.25. The lowest BCUT2D eigenvalue weighted by molar-refractivity contribution is 0.0949. The Bertz CT molecular complexity index is 1280. The largest absolute Gasteiger partial charge is 0.490 e. The number of hydrogen-bond donors (Lipinski definition) is 2. The number of pyridine rings is 1. The summed E-state index contributed by atoms with van der Waals surface area (Å²) in [6, 6.07) is 15.4. The van der Waals surface area contributed by atoms with E-state index >= 15 is 0 Å². The Hall–Kier alpha value is -3.71. The van der Waals surface area contributed by atoms with Gasteiger partial charge in [0.15, 0.2) is 0 Å². The van der Waals surface area contributed by atoms with E-state index in [1.54, 1.807) is 24.5 Å². The Labute approximate surface area is 224 Å². The maximum Gasteiger partial charge on any atom is 0.259 e. The van der Waals surface area contributed by atoms with Gasteiger partial charge < -0.3 is 20.3 Å². The fraction of sp³-hybridized carbons (Fsp3) is 0.387. The van der Waals surface area contributed by atoms with E-state index in [0.717, 1.165) is 54.8 Å². The first-order valence-corrected chi connectivity index (χ1v) is 13.7. The Morgan fingerprint density at radius 2 is 1.89 bits per heavy atom. The lowest BCUT2D eigenvalue weighted by Crippen LogP contribution is -2.34. The van der Waals surface area contributed by atoms with E-state index in [2.05, 4.69) is 28.6 Å². The van der Waals surface area contributed by atoms with Gasteiger partial charge in [-0.1, -0.05) is 31.4 Å². The molecule has 1 unspecified atom stereocenters. The standard InChI is InChI=1S/C31H36N4O3/c1-22-16-26-17-23(9-12-29(26)38-22)19-34-30(36)24-10-11-28-27(18-24)21-32-13-5-3-2-4-6-15-35(28)31(37)25-8-7-14-33-20-25/h7-12,14,17-18,20,22,32H,2-6,13,15-16,19,21H2,1H3,(H,34,36). The van der Waals surface area contributed by atoms with Crippen molar-refractivity contribution in [2.24, 2.45) is 0 Å². The molecule has 2 amide bonds. The average molecular weight is 513 g/mol. The van der Waals surface area contributed by atoms with E-state index in [9.17, 15) is 9.59 Å². The molecule has 2 aromatic carbocycles. The van der Waals surface area contributed by atoms with Gasteiger partial charge in [0, 0.05) is 49.7 Å². The van der Waals surface area contributed by atoms with Crippen LogP contribution in [0.5, 0.6) is 5.75 Å². The highest BCUT2D eigenvalue weighted by atomic mass is 16.5. The maximum atomic E-state index is 13.5. The van der Waals surface area contributed by atoms with Crippen LogP contribution >= 0.6 is 0 Å². The lowest BCUT2D eigenvalue weighted by Gasteiger charge is -2.26. The first-order valence-electron chi connectivity index (χ1n) is 13.7. The van der Waals surface area contributed by atoms with Crippen molar-refractivity contribution in [1.29, 1.82) is 0 Å². The van der Waals surface area contributed by atoms with Crippen LogP contribution in [-0.2, 0) is 19.5 Å². The summed E-state index contributed by atoms with van der Waals surface area (Å²) < 4.78 is 5.79. The second-order valence-electron chi connectivity index (χ2n) is 10.2. The number of nitrogens with zero attached hydrogens (tertiary/aromatic N) is 2. The molecule has 198 valence electrons. The van der Waals surface area contributed by atoms with E-state index in [1.807, 2.05) is 35.2 Å². The van der Waals surface area contributed by atoms with Crippen LogP contribution in [0.2, 0.25) is 0 Å². The molecule has 2 aliphatic heterocycles. The van der Waals surface area contributed by atoms with Gasteiger partial charge in [0.25, 0.3) is 11.8 Å². The molecule has 3 heterocycles. The van der Waals surface area contributed by atoms with Crippen molar-refractivity contribution in [2.75, 3.05) is 18.0 Å². The summed E-state index contributed by atoms with van der Waals surface area (Å²) in [6.07, 6.45) is 9.86. The predicted molar refractivity (Wildman–Crippen MR) is 149 cm³/mol. The quantitative estimate of drug-likeness (QED) is 0.512. The van der Waals surface area contributed by atoms with Crippen LogP contribution < -0.4 is 20.3 Å². The topological polar surface area (TPSA) is 83.6 Å².